The molecule has 1 aliphatic heterocycles. The van der Waals surface area contributed by atoms with E-state index in [0.717, 1.165) is 47.5 Å². The van der Waals surface area contributed by atoms with Gasteiger partial charge in [-0.1, -0.05) is 22.9 Å². The highest BCUT2D eigenvalue weighted by Crippen LogP contribution is 2.38. The number of nitrogens with one attached hydrogen (secondary N) is 1. The average Bonchev–Trinajstić information content (AvgIpc) is 2.98. The Morgan fingerprint density at radius 1 is 1.35 bits per heavy atom. The molecule has 1 fully saturated rings. The number of likely N-dealkylation sites (N-methyl/N-ethyl adjacent to an activating group) is 1. The van der Waals surface area contributed by atoms with Gasteiger partial charge in [0, 0.05) is 11.1 Å². The first-order valence-electron chi connectivity index (χ1n) is 6.97. The van der Waals surface area contributed by atoms with Gasteiger partial charge in [-0.3, -0.25) is 0 Å². The third-order valence-electron chi connectivity index (χ3n) is 3.60. The van der Waals surface area contributed by atoms with Gasteiger partial charge in [0.05, 0.1) is 26.4 Å². The van der Waals surface area contributed by atoms with Crippen LogP contribution in [0.15, 0.2) is 16.6 Å². The SMILES string of the molecule is CCNC(c1cc(OC)c(OC)cc1Br)C1CCCO1. The lowest BCUT2D eigenvalue weighted by Gasteiger charge is -2.26. The third-order valence-corrected chi connectivity index (χ3v) is 4.29. The molecule has 112 valence electrons. The number of halogens is 1. The molecule has 1 aliphatic rings. The van der Waals surface area contributed by atoms with E-state index in [2.05, 4.69) is 28.2 Å². The zero-order valence-corrected chi connectivity index (χ0v) is 13.8. The van der Waals surface area contributed by atoms with Crippen LogP contribution in [0.1, 0.15) is 31.4 Å². The van der Waals surface area contributed by atoms with Crippen LogP contribution in [0, 0.1) is 0 Å². The van der Waals surface area contributed by atoms with E-state index in [1.54, 1.807) is 14.2 Å². The summed E-state index contributed by atoms with van der Waals surface area (Å²) < 4.78 is 17.6. The van der Waals surface area contributed by atoms with Crippen LogP contribution < -0.4 is 14.8 Å². The van der Waals surface area contributed by atoms with E-state index in [9.17, 15) is 0 Å². The number of hydrogen-bond acceptors (Lipinski definition) is 4. The number of hydrogen-bond donors (Lipinski definition) is 1. The minimum atomic E-state index is 0.164. The van der Waals surface area contributed by atoms with Crippen molar-refractivity contribution in [1.29, 1.82) is 0 Å². The van der Waals surface area contributed by atoms with Gasteiger partial charge in [0.2, 0.25) is 0 Å². The van der Waals surface area contributed by atoms with Gasteiger partial charge >= 0.3 is 0 Å². The van der Waals surface area contributed by atoms with Gasteiger partial charge in [0.1, 0.15) is 0 Å². The van der Waals surface area contributed by atoms with Crippen molar-refractivity contribution in [2.45, 2.75) is 31.9 Å². The van der Waals surface area contributed by atoms with E-state index >= 15 is 0 Å². The molecule has 20 heavy (non-hydrogen) atoms. The molecule has 0 amide bonds. The van der Waals surface area contributed by atoms with Gasteiger partial charge in [-0.15, -0.1) is 0 Å². The highest BCUT2D eigenvalue weighted by atomic mass is 79.9. The van der Waals surface area contributed by atoms with Crippen LogP contribution >= 0.6 is 15.9 Å². The summed E-state index contributed by atoms with van der Waals surface area (Å²) in [6.07, 6.45) is 2.42. The molecular formula is C15H22BrNO3. The van der Waals surface area contributed by atoms with E-state index < -0.39 is 0 Å². The number of ether oxygens (including phenoxy) is 3. The van der Waals surface area contributed by atoms with Gasteiger partial charge in [-0.05, 0) is 37.1 Å². The van der Waals surface area contributed by atoms with Crippen molar-refractivity contribution in [3.05, 3.63) is 22.2 Å². The normalized spacial score (nSPS) is 19.9. The Bertz CT molecular complexity index is 447. The van der Waals surface area contributed by atoms with Gasteiger partial charge in [0.15, 0.2) is 11.5 Å². The first kappa shape index (κ1) is 15.6. The smallest absolute Gasteiger partial charge is 0.161 e. The maximum Gasteiger partial charge on any atom is 0.161 e. The Balaban J connectivity index is 2.36. The Morgan fingerprint density at radius 2 is 2.05 bits per heavy atom. The molecule has 1 aromatic rings. The summed E-state index contributed by atoms with van der Waals surface area (Å²) in [5, 5.41) is 3.52. The van der Waals surface area contributed by atoms with Crippen molar-refractivity contribution in [3.63, 3.8) is 0 Å². The average molecular weight is 344 g/mol. The molecule has 0 aromatic heterocycles. The van der Waals surface area contributed by atoms with E-state index in [-0.39, 0.29) is 12.1 Å². The summed E-state index contributed by atoms with van der Waals surface area (Å²) >= 11 is 3.64. The Hall–Kier alpha value is -0.780. The Kier molecular flexibility index (Phi) is 5.69. The van der Waals surface area contributed by atoms with Crippen LogP contribution in [0.3, 0.4) is 0 Å². The van der Waals surface area contributed by atoms with Crippen molar-refractivity contribution < 1.29 is 14.2 Å². The first-order valence-corrected chi connectivity index (χ1v) is 7.77. The van der Waals surface area contributed by atoms with Gasteiger partial charge in [-0.25, -0.2) is 0 Å². The molecule has 2 unspecified atom stereocenters. The monoisotopic (exact) mass is 343 g/mol. The predicted molar refractivity (Wildman–Crippen MR) is 82.6 cm³/mol. The molecular weight excluding hydrogens is 322 g/mol. The Labute approximate surface area is 128 Å². The second kappa shape index (κ2) is 7.29. The van der Waals surface area contributed by atoms with E-state index in [4.69, 9.17) is 14.2 Å². The highest BCUT2D eigenvalue weighted by molar-refractivity contribution is 9.10. The quantitative estimate of drug-likeness (QED) is 0.860. The molecule has 4 nitrogen and oxygen atoms in total. The third kappa shape index (κ3) is 3.27. The fourth-order valence-electron chi connectivity index (χ4n) is 2.64. The summed E-state index contributed by atoms with van der Waals surface area (Å²) in [4.78, 5) is 0. The molecule has 0 saturated carbocycles. The van der Waals surface area contributed by atoms with Gasteiger partial charge in [-0.2, -0.15) is 0 Å². The van der Waals surface area contributed by atoms with Crippen LogP contribution in [0.4, 0.5) is 0 Å². The first-order chi connectivity index (χ1) is 9.71. The molecule has 1 N–H and O–H groups in total. The number of methoxy groups -OCH3 is 2. The summed E-state index contributed by atoms with van der Waals surface area (Å²) in [6.45, 7) is 3.85. The highest BCUT2D eigenvalue weighted by Gasteiger charge is 2.29. The standard InChI is InChI=1S/C15H22BrNO3/c1-4-17-15(12-6-5-7-20-12)10-8-13(18-2)14(19-3)9-11(10)16/h8-9,12,15,17H,4-7H2,1-3H3. The summed E-state index contributed by atoms with van der Waals surface area (Å²) in [7, 11) is 3.30. The van der Waals surface area contributed by atoms with Crippen LogP contribution in [-0.2, 0) is 4.74 Å². The number of benzene rings is 1. The van der Waals surface area contributed by atoms with Crippen LogP contribution in [0.2, 0.25) is 0 Å². The van der Waals surface area contributed by atoms with Crippen LogP contribution in [0.5, 0.6) is 11.5 Å². The summed E-state index contributed by atoms with van der Waals surface area (Å²) in [6, 6.07) is 4.14. The molecule has 0 radical (unpaired) electrons. The molecule has 0 bridgehead atoms. The van der Waals surface area contributed by atoms with Crippen molar-refractivity contribution in [2.24, 2.45) is 0 Å². The number of rotatable bonds is 6. The van der Waals surface area contributed by atoms with Crippen LogP contribution in [-0.4, -0.2) is 33.5 Å². The van der Waals surface area contributed by atoms with Crippen molar-refractivity contribution in [2.75, 3.05) is 27.4 Å². The molecule has 2 rings (SSSR count). The second-order valence-electron chi connectivity index (χ2n) is 4.82. The second-order valence-corrected chi connectivity index (χ2v) is 5.67. The minimum Gasteiger partial charge on any atom is -0.493 e. The van der Waals surface area contributed by atoms with Crippen molar-refractivity contribution in [3.8, 4) is 11.5 Å². The fraction of sp³-hybridized carbons (Fsp3) is 0.600. The maximum atomic E-state index is 5.85. The lowest BCUT2D eigenvalue weighted by atomic mass is 9.98. The molecule has 0 spiro atoms. The van der Waals surface area contributed by atoms with Crippen molar-refractivity contribution in [1.82, 2.24) is 5.32 Å². The molecule has 1 aromatic carbocycles. The maximum absolute atomic E-state index is 5.85. The summed E-state index contributed by atoms with van der Waals surface area (Å²) in [5.41, 5.74) is 1.15. The zero-order valence-electron chi connectivity index (χ0n) is 12.2. The van der Waals surface area contributed by atoms with Crippen LogP contribution in [0.25, 0.3) is 0 Å². The largest absolute Gasteiger partial charge is 0.493 e. The van der Waals surface area contributed by atoms with E-state index in [0.29, 0.717) is 0 Å². The van der Waals surface area contributed by atoms with E-state index in [1.165, 1.54) is 0 Å². The molecule has 0 aliphatic carbocycles. The molecule has 5 heteroatoms. The fourth-order valence-corrected chi connectivity index (χ4v) is 3.20. The minimum absolute atomic E-state index is 0.164. The summed E-state index contributed by atoms with van der Waals surface area (Å²) in [5.74, 6) is 1.47. The van der Waals surface area contributed by atoms with Gasteiger partial charge < -0.3 is 19.5 Å². The molecule has 2 atom stereocenters. The van der Waals surface area contributed by atoms with Crippen molar-refractivity contribution >= 4 is 15.9 Å². The van der Waals surface area contributed by atoms with Gasteiger partial charge in [0.25, 0.3) is 0 Å². The molecule has 1 heterocycles. The predicted octanol–water partition coefficient (Wildman–Crippen LogP) is 3.30. The van der Waals surface area contributed by atoms with E-state index in [1.807, 2.05) is 12.1 Å². The Morgan fingerprint density at radius 3 is 2.60 bits per heavy atom. The lowest BCUT2D eigenvalue weighted by molar-refractivity contribution is 0.0785. The zero-order chi connectivity index (χ0) is 14.5. The lowest BCUT2D eigenvalue weighted by Crippen LogP contribution is -2.31. The molecule has 1 saturated heterocycles. The topological polar surface area (TPSA) is 39.7 Å².